The zero-order valence-corrected chi connectivity index (χ0v) is 19.2. The highest BCUT2D eigenvalue weighted by Gasteiger charge is 2.37. The zero-order valence-electron chi connectivity index (χ0n) is 19.2. The Morgan fingerprint density at radius 1 is 1.24 bits per heavy atom. The molecule has 4 rings (SSSR count). The minimum atomic E-state index is -4.52. The number of benzene rings is 1. The van der Waals surface area contributed by atoms with Gasteiger partial charge in [-0.2, -0.15) is 18.2 Å². The van der Waals surface area contributed by atoms with Crippen molar-refractivity contribution in [2.45, 2.75) is 45.7 Å². The van der Waals surface area contributed by atoms with Crippen molar-refractivity contribution in [1.29, 1.82) is 0 Å². The molecule has 0 aliphatic carbocycles. The van der Waals surface area contributed by atoms with Crippen LogP contribution in [0.5, 0.6) is 0 Å². The van der Waals surface area contributed by atoms with Crippen molar-refractivity contribution in [3.63, 3.8) is 0 Å². The first-order valence-corrected chi connectivity index (χ1v) is 11.2. The lowest BCUT2D eigenvalue weighted by Crippen LogP contribution is -2.42. The number of aryl methyl sites for hydroxylation is 1. The Morgan fingerprint density at radius 3 is 2.74 bits per heavy atom. The van der Waals surface area contributed by atoms with Gasteiger partial charge in [0.25, 0.3) is 5.89 Å². The van der Waals surface area contributed by atoms with Crippen molar-refractivity contribution >= 4 is 17.4 Å². The molecular formula is C24H26F3N5O2. The lowest BCUT2D eigenvalue weighted by molar-refractivity contribution is -0.137. The lowest BCUT2D eigenvalue weighted by atomic mass is 9.96. The van der Waals surface area contributed by atoms with Gasteiger partial charge in [-0.05, 0) is 43.5 Å². The molecule has 3 aromatic rings. The number of hydrogen-bond donors (Lipinski definition) is 1. The van der Waals surface area contributed by atoms with Crippen molar-refractivity contribution in [3.05, 3.63) is 53.5 Å². The van der Waals surface area contributed by atoms with Crippen molar-refractivity contribution in [2.75, 3.05) is 23.3 Å². The van der Waals surface area contributed by atoms with Crippen molar-refractivity contribution < 1.29 is 22.5 Å². The van der Waals surface area contributed by atoms with Crippen LogP contribution in [0.15, 0.2) is 41.1 Å². The van der Waals surface area contributed by atoms with Gasteiger partial charge >= 0.3 is 6.18 Å². The molecule has 1 atom stereocenters. The molecule has 0 spiro atoms. The molecule has 2 aromatic heterocycles. The molecule has 0 bridgehead atoms. The number of aromatic nitrogens is 3. The molecule has 1 N–H and O–H groups in total. The number of amides is 1. The molecule has 1 saturated heterocycles. The first-order chi connectivity index (χ1) is 16.1. The van der Waals surface area contributed by atoms with E-state index in [4.69, 9.17) is 4.52 Å². The fourth-order valence-electron chi connectivity index (χ4n) is 4.07. The molecule has 0 radical (unpaired) electrons. The third kappa shape index (κ3) is 4.90. The number of halogens is 3. The third-order valence-electron chi connectivity index (χ3n) is 5.89. The molecule has 1 unspecified atom stereocenters. The van der Waals surface area contributed by atoms with Crippen LogP contribution in [-0.4, -0.2) is 34.1 Å². The summed E-state index contributed by atoms with van der Waals surface area (Å²) in [4.78, 5) is 23.2. The van der Waals surface area contributed by atoms with Crippen LogP contribution >= 0.6 is 0 Å². The quantitative estimate of drug-likeness (QED) is 0.532. The smallest absolute Gasteiger partial charge is 0.355 e. The molecule has 180 valence electrons. The Morgan fingerprint density at radius 2 is 2.03 bits per heavy atom. The van der Waals surface area contributed by atoms with E-state index in [-0.39, 0.29) is 24.2 Å². The maximum atomic E-state index is 13.5. The molecular weight excluding hydrogens is 447 g/mol. The number of anilines is 2. The number of carbonyl (C=O) groups excluding carboxylic acids is 1. The summed E-state index contributed by atoms with van der Waals surface area (Å²) >= 11 is 0. The van der Waals surface area contributed by atoms with Crippen LogP contribution in [0.25, 0.3) is 11.5 Å². The fraction of sp³-hybridized carbons (Fsp3) is 0.417. The Kier molecular flexibility index (Phi) is 6.58. The number of para-hydroxylation sites is 1. The largest absolute Gasteiger partial charge is 0.419 e. The summed E-state index contributed by atoms with van der Waals surface area (Å²) in [5.74, 6) is 0.0354. The first kappa shape index (κ1) is 23.7. The third-order valence-corrected chi connectivity index (χ3v) is 5.89. The summed E-state index contributed by atoms with van der Waals surface area (Å²) in [5.41, 5.74) is 1.17. The van der Waals surface area contributed by atoms with Crippen LogP contribution in [0.1, 0.15) is 49.6 Å². The van der Waals surface area contributed by atoms with Gasteiger partial charge in [-0.25, -0.2) is 4.98 Å². The molecule has 34 heavy (non-hydrogen) atoms. The van der Waals surface area contributed by atoms with Crippen LogP contribution in [0.3, 0.4) is 0 Å². The summed E-state index contributed by atoms with van der Waals surface area (Å²) in [6.45, 7) is 6.31. The predicted molar refractivity (Wildman–Crippen MR) is 121 cm³/mol. The SMILES string of the molecule is Cc1cccc(-c2nc(C(C)C)no2)c1NC(=O)C1CCCN(c2ncccc2C(F)(F)F)C1. The first-order valence-electron chi connectivity index (χ1n) is 11.2. The van der Waals surface area contributed by atoms with Crippen molar-refractivity contribution in [2.24, 2.45) is 5.92 Å². The maximum Gasteiger partial charge on any atom is 0.419 e. The van der Waals surface area contributed by atoms with Gasteiger partial charge in [0.05, 0.1) is 22.7 Å². The lowest BCUT2D eigenvalue weighted by Gasteiger charge is -2.34. The molecule has 0 saturated carbocycles. The predicted octanol–water partition coefficient (Wildman–Crippen LogP) is 5.44. The van der Waals surface area contributed by atoms with Gasteiger partial charge in [-0.3, -0.25) is 4.79 Å². The second-order valence-corrected chi connectivity index (χ2v) is 8.76. The summed E-state index contributed by atoms with van der Waals surface area (Å²) in [6.07, 6.45) is -2.04. The Balaban J connectivity index is 1.56. The number of nitrogens with one attached hydrogen (secondary N) is 1. The van der Waals surface area contributed by atoms with Crippen LogP contribution in [0, 0.1) is 12.8 Å². The number of piperidine rings is 1. The van der Waals surface area contributed by atoms with E-state index in [1.54, 1.807) is 11.0 Å². The van der Waals surface area contributed by atoms with E-state index >= 15 is 0 Å². The van der Waals surface area contributed by atoms with E-state index in [2.05, 4.69) is 20.4 Å². The monoisotopic (exact) mass is 473 g/mol. The van der Waals surface area contributed by atoms with Gasteiger partial charge in [0, 0.05) is 25.2 Å². The Bertz CT molecular complexity index is 1180. The fourth-order valence-corrected chi connectivity index (χ4v) is 4.07. The second kappa shape index (κ2) is 9.44. The Labute approximate surface area is 195 Å². The highest BCUT2D eigenvalue weighted by atomic mass is 19.4. The molecule has 3 heterocycles. The summed E-state index contributed by atoms with van der Waals surface area (Å²) in [7, 11) is 0. The average Bonchev–Trinajstić information content (AvgIpc) is 3.30. The van der Waals surface area contributed by atoms with E-state index in [9.17, 15) is 18.0 Å². The van der Waals surface area contributed by atoms with Crippen LogP contribution in [0.4, 0.5) is 24.7 Å². The number of hydrogen-bond acceptors (Lipinski definition) is 6. The number of alkyl halides is 3. The van der Waals surface area contributed by atoms with Crippen LogP contribution in [0.2, 0.25) is 0 Å². The van der Waals surface area contributed by atoms with E-state index in [1.165, 1.54) is 12.3 Å². The number of pyridine rings is 1. The van der Waals surface area contributed by atoms with Gasteiger partial charge in [0.1, 0.15) is 5.82 Å². The van der Waals surface area contributed by atoms with Gasteiger partial charge < -0.3 is 14.7 Å². The standard InChI is InChI=1S/C24H26F3N5O2/c1-14(2)20-30-23(34-31-20)17-9-4-7-15(3)19(17)29-22(33)16-8-6-12-32(13-16)21-18(24(25,26)27)10-5-11-28-21/h4-5,7,9-11,14,16H,6,8,12-13H2,1-3H3,(H,29,33). The summed E-state index contributed by atoms with van der Waals surface area (Å²) in [6, 6.07) is 7.76. The Hall–Kier alpha value is -3.43. The van der Waals surface area contributed by atoms with E-state index in [0.717, 1.165) is 11.6 Å². The summed E-state index contributed by atoms with van der Waals surface area (Å²) in [5, 5.41) is 6.97. The number of nitrogens with zero attached hydrogens (tertiary/aromatic N) is 4. The van der Waals surface area contributed by atoms with E-state index in [0.29, 0.717) is 42.4 Å². The van der Waals surface area contributed by atoms with Crippen molar-refractivity contribution in [1.82, 2.24) is 15.1 Å². The minimum Gasteiger partial charge on any atom is -0.355 e. The molecule has 1 amide bonds. The number of carbonyl (C=O) groups is 1. The molecule has 1 aliphatic rings. The van der Waals surface area contributed by atoms with Gasteiger partial charge in [0.15, 0.2) is 5.82 Å². The molecule has 7 nitrogen and oxygen atoms in total. The van der Waals surface area contributed by atoms with Gasteiger partial charge in [-0.1, -0.05) is 31.1 Å². The normalized spacial score (nSPS) is 16.7. The maximum absolute atomic E-state index is 13.5. The topological polar surface area (TPSA) is 84.2 Å². The summed E-state index contributed by atoms with van der Waals surface area (Å²) < 4.78 is 45.9. The van der Waals surface area contributed by atoms with Crippen molar-refractivity contribution in [3.8, 4) is 11.5 Å². The molecule has 10 heteroatoms. The van der Waals surface area contributed by atoms with Crippen LogP contribution < -0.4 is 10.2 Å². The molecule has 1 aromatic carbocycles. The number of rotatable bonds is 5. The minimum absolute atomic E-state index is 0.0850. The van der Waals surface area contributed by atoms with Gasteiger partial charge in [0.2, 0.25) is 5.91 Å². The second-order valence-electron chi connectivity index (χ2n) is 8.76. The van der Waals surface area contributed by atoms with E-state index < -0.39 is 17.7 Å². The molecule has 1 fully saturated rings. The van der Waals surface area contributed by atoms with Crippen LogP contribution in [-0.2, 0) is 11.0 Å². The molecule has 1 aliphatic heterocycles. The highest BCUT2D eigenvalue weighted by molar-refractivity contribution is 5.97. The highest BCUT2D eigenvalue weighted by Crippen LogP contribution is 2.37. The van der Waals surface area contributed by atoms with E-state index in [1.807, 2.05) is 32.9 Å². The average molecular weight is 473 g/mol. The van der Waals surface area contributed by atoms with Gasteiger partial charge in [-0.15, -0.1) is 0 Å². The zero-order chi connectivity index (χ0) is 24.5.